The summed E-state index contributed by atoms with van der Waals surface area (Å²) >= 11 is 5.79. The number of anilines is 3. The van der Waals surface area contributed by atoms with Crippen molar-refractivity contribution in [2.45, 2.75) is 33.4 Å². The van der Waals surface area contributed by atoms with Crippen LogP contribution in [-0.2, 0) is 16.1 Å². The first kappa shape index (κ1) is 26.7. The first-order valence-electron chi connectivity index (χ1n) is 11.8. The third-order valence-electron chi connectivity index (χ3n) is 5.90. The summed E-state index contributed by atoms with van der Waals surface area (Å²) in [5, 5.41) is 6.23. The van der Waals surface area contributed by atoms with Crippen LogP contribution in [0.1, 0.15) is 31.1 Å². The third kappa shape index (κ3) is 5.97. The Morgan fingerprint density at radius 1 is 1.11 bits per heavy atom. The maximum Gasteiger partial charge on any atom is 0.244 e. The Balaban J connectivity index is 1.55. The lowest BCUT2D eigenvalue weighted by atomic mass is 10.1. The van der Waals surface area contributed by atoms with Gasteiger partial charge in [0.25, 0.3) is 0 Å². The fourth-order valence-electron chi connectivity index (χ4n) is 4.06. The molecule has 4 aromatic rings. The third-order valence-corrected chi connectivity index (χ3v) is 6.19. The van der Waals surface area contributed by atoms with E-state index in [2.05, 4.69) is 20.6 Å². The number of nitrogens with one attached hydrogen (secondary N) is 2. The molecule has 0 saturated heterocycles. The number of hydrogen-bond donors (Lipinski definition) is 2. The van der Waals surface area contributed by atoms with E-state index in [9.17, 15) is 18.8 Å². The van der Waals surface area contributed by atoms with Gasteiger partial charge in [-0.05, 0) is 51.1 Å². The van der Waals surface area contributed by atoms with Gasteiger partial charge in [-0.15, -0.1) is 0 Å². The van der Waals surface area contributed by atoms with Crippen molar-refractivity contribution in [1.82, 2.24) is 19.4 Å². The molecule has 2 N–H and O–H groups in total. The van der Waals surface area contributed by atoms with Crippen LogP contribution in [0.25, 0.3) is 10.9 Å². The van der Waals surface area contributed by atoms with Crippen molar-refractivity contribution < 1.29 is 18.8 Å². The molecule has 0 aliphatic carbocycles. The predicted molar refractivity (Wildman–Crippen MR) is 144 cm³/mol. The molecule has 2 amide bonds. The van der Waals surface area contributed by atoms with Gasteiger partial charge in [0.1, 0.15) is 19.4 Å². The minimum absolute atomic E-state index is 0.0624. The zero-order chi connectivity index (χ0) is 27.4. The summed E-state index contributed by atoms with van der Waals surface area (Å²) < 4.78 is 15.9. The first-order chi connectivity index (χ1) is 18.1. The van der Waals surface area contributed by atoms with Crippen molar-refractivity contribution in [2.75, 3.05) is 17.2 Å². The molecule has 0 spiro atoms. The molecular formula is C27H26ClFN6O3. The SMILES string of the molecule is CC(=O)c1cn(CC(=O)N(CC(=O)Nc2cccc(Cl)c2F)C(C)C)c2ccc(Nc3cncnc3)cc12. The minimum Gasteiger partial charge on any atom is -0.353 e. The molecule has 2 aromatic carbocycles. The van der Waals surface area contributed by atoms with Crippen LogP contribution in [-0.4, -0.2) is 49.6 Å². The zero-order valence-electron chi connectivity index (χ0n) is 21.0. The number of hydrogen-bond acceptors (Lipinski definition) is 6. The summed E-state index contributed by atoms with van der Waals surface area (Å²) in [5.74, 6) is -1.79. The van der Waals surface area contributed by atoms with Crippen molar-refractivity contribution in [3.63, 3.8) is 0 Å². The van der Waals surface area contributed by atoms with E-state index in [0.29, 0.717) is 22.2 Å². The van der Waals surface area contributed by atoms with E-state index in [0.717, 1.165) is 5.69 Å². The van der Waals surface area contributed by atoms with Gasteiger partial charge in [0.2, 0.25) is 11.8 Å². The van der Waals surface area contributed by atoms with Crippen molar-refractivity contribution >= 4 is 57.2 Å². The first-order valence-corrected chi connectivity index (χ1v) is 12.2. The molecule has 0 atom stereocenters. The van der Waals surface area contributed by atoms with Gasteiger partial charge < -0.3 is 20.1 Å². The summed E-state index contributed by atoms with van der Waals surface area (Å²) in [6.45, 7) is 4.65. The van der Waals surface area contributed by atoms with Crippen LogP contribution >= 0.6 is 11.6 Å². The number of aromatic nitrogens is 3. The van der Waals surface area contributed by atoms with Crippen LogP contribution in [0.2, 0.25) is 5.02 Å². The molecule has 11 heteroatoms. The fourth-order valence-corrected chi connectivity index (χ4v) is 4.23. The van der Waals surface area contributed by atoms with Gasteiger partial charge >= 0.3 is 0 Å². The van der Waals surface area contributed by atoms with E-state index < -0.39 is 11.7 Å². The second-order valence-corrected chi connectivity index (χ2v) is 9.38. The highest BCUT2D eigenvalue weighted by atomic mass is 35.5. The molecule has 0 radical (unpaired) electrons. The Morgan fingerprint density at radius 2 is 1.84 bits per heavy atom. The Bertz CT molecular complexity index is 1510. The lowest BCUT2D eigenvalue weighted by molar-refractivity contribution is -0.136. The average molecular weight is 537 g/mol. The fraction of sp³-hybridized carbons (Fsp3) is 0.222. The molecule has 0 unspecified atom stereocenters. The van der Waals surface area contributed by atoms with E-state index in [1.807, 2.05) is 18.2 Å². The molecule has 0 aliphatic rings. The highest BCUT2D eigenvalue weighted by Gasteiger charge is 2.23. The lowest BCUT2D eigenvalue weighted by Crippen LogP contribution is -2.43. The van der Waals surface area contributed by atoms with Gasteiger partial charge in [0.15, 0.2) is 11.6 Å². The average Bonchev–Trinajstić information content (AvgIpc) is 3.23. The maximum atomic E-state index is 14.2. The lowest BCUT2D eigenvalue weighted by Gasteiger charge is -2.26. The van der Waals surface area contributed by atoms with Crippen molar-refractivity contribution in [3.05, 3.63) is 77.7 Å². The topological polar surface area (TPSA) is 109 Å². The van der Waals surface area contributed by atoms with E-state index >= 15 is 0 Å². The number of carbonyl (C=O) groups excluding carboxylic acids is 3. The number of carbonyl (C=O) groups is 3. The number of rotatable bonds is 9. The highest BCUT2D eigenvalue weighted by Crippen LogP contribution is 2.27. The number of benzene rings is 2. The van der Waals surface area contributed by atoms with Crippen LogP contribution in [0, 0.1) is 5.82 Å². The Morgan fingerprint density at radius 3 is 2.53 bits per heavy atom. The maximum absolute atomic E-state index is 14.2. The molecule has 4 rings (SSSR count). The van der Waals surface area contributed by atoms with Crippen LogP contribution in [0.3, 0.4) is 0 Å². The smallest absolute Gasteiger partial charge is 0.244 e. The Hall–Kier alpha value is -4.31. The molecule has 0 saturated carbocycles. The van der Waals surface area contributed by atoms with E-state index in [4.69, 9.17) is 11.6 Å². The van der Waals surface area contributed by atoms with Crippen LogP contribution in [0.4, 0.5) is 21.5 Å². The van der Waals surface area contributed by atoms with E-state index in [1.165, 1.54) is 36.4 Å². The number of nitrogens with zero attached hydrogens (tertiary/aromatic N) is 4. The number of fused-ring (bicyclic) bond motifs is 1. The van der Waals surface area contributed by atoms with Gasteiger partial charge in [0.05, 0.1) is 28.8 Å². The van der Waals surface area contributed by atoms with Gasteiger partial charge in [0, 0.05) is 34.4 Å². The normalized spacial score (nSPS) is 11.0. The monoisotopic (exact) mass is 536 g/mol. The van der Waals surface area contributed by atoms with Gasteiger partial charge in [-0.25, -0.2) is 14.4 Å². The molecule has 2 heterocycles. The molecule has 196 valence electrons. The van der Waals surface area contributed by atoms with Crippen LogP contribution < -0.4 is 10.6 Å². The predicted octanol–water partition coefficient (Wildman–Crippen LogP) is 5.05. The van der Waals surface area contributed by atoms with Crippen LogP contribution in [0.5, 0.6) is 0 Å². The molecular weight excluding hydrogens is 511 g/mol. The Labute approximate surface area is 223 Å². The standard InChI is InChI=1S/C27H26ClFN6O3/c1-16(2)35(13-25(37)33-23-6-4-5-22(28)27(23)29)26(38)14-34-12-21(17(3)36)20-9-18(7-8-24(20)34)32-19-10-30-15-31-11-19/h4-12,15-16,32H,13-14H2,1-3H3,(H,33,37). The molecule has 0 bridgehead atoms. The second kappa shape index (κ2) is 11.4. The second-order valence-electron chi connectivity index (χ2n) is 8.98. The van der Waals surface area contributed by atoms with Crippen molar-refractivity contribution in [2.24, 2.45) is 0 Å². The summed E-state index contributed by atoms with van der Waals surface area (Å²) in [7, 11) is 0. The summed E-state index contributed by atoms with van der Waals surface area (Å²) in [4.78, 5) is 47.7. The number of ketones is 1. The molecule has 0 fully saturated rings. The summed E-state index contributed by atoms with van der Waals surface area (Å²) in [6, 6.07) is 9.45. The van der Waals surface area contributed by atoms with Gasteiger partial charge in [-0.3, -0.25) is 14.4 Å². The van der Waals surface area contributed by atoms with Gasteiger partial charge in [-0.1, -0.05) is 17.7 Å². The summed E-state index contributed by atoms with van der Waals surface area (Å²) in [5.41, 5.74) is 2.51. The zero-order valence-corrected chi connectivity index (χ0v) is 21.8. The van der Waals surface area contributed by atoms with E-state index in [1.54, 1.807) is 37.0 Å². The quantitative estimate of drug-likeness (QED) is 0.290. The van der Waals surface area contributed by atoms with Crippen LogP contribution in [0.15, 0.2) is 61.3 Å². The largest absolute Gasteiger partial charge is 0.353 e. The highest BCUT2D eigenvalue weighted by molar-refractivity contribution is 6.31. The number of halogens is 2. The molecule has 38 heavy (non-hydrogen) atoms. The number of amides is 2. The molecule has 9 nitrogen and oxygen atoms in total. The number of Topliss-reactive ketones (excluding diaryl/α,β-unsaturated/α-hetero) is 1. The van der Waals surface area contributed by atoms with Crippen molar-refractivity contribution in [3.8, 4) is 0 Å². The molecule has 0 aliphatic heterocycles. The summed E-state index contributed by atoms with van der Waals surface area (Å²) in [6.07, 6.45) is 6.33. The van der Waals surface area contributed by atoms with E-state index in [-0.39, 0.29) is 41.5 Å². The van der Waals surface area contributed by atoms with Gasteiger partial charge in [-0.2, -0.15) is 0 Å². The minimum atomic E-state index is -0.742. The Kier molecular flexibility index (Phi) is 8.02. The van der Waals surface area contributed by atoms with Crippen molar-refractivity contribution in [1.29, 1.82) is 0 Å². The molecule has 2 aromatic heterocycles.